The maximum absolute atomic E-state index is 13.3. The molecule has 4 rings (SSSR count). The summed E-state index contributed by atoms with van der Waals surface area (Å²) >= 11 is 6.43. The number of aryl methyl sites for hydroxylation is 3. The van der Waals surface area contributed by atoms with E-state index >= 15 is 0 Å². The van der Waals surface area contributed by atoms with E-state index in [2.05, 4.69) is 4.98 Å². The van der Waals surface area contributed by atoms with Crippen molar-refractivity contribution < 1.29 is 14.3 Å². The highest BCUT2D eigenvalue weighted by atomic mass is 35.5. The Morgan fingerprint density at radius 1 is 1.28 bits per heavy atom. The van der Waals surface area contributed by atoms with Crippen LogP contribution in [0.4, 0.5) is 0 Å². The van der Waals surface area contributed by atoms with Gasteiger partial charge in [0.2, 0.25) is 0 Å². The molecule has 0 saturated carbocycles. The number of aromatic nitrogens is 1. The first kappa shape index (κ1) is 20.0. The molecule has 2 aromatic rings. The van der Waals surface area contributed by atoms with Gasteiger partial charge in [-0.05, 0) is 56.0 Å². The minimum absolute atomic E-state index is 0.0451. The molecule has 1 fully saturated rings. The minimum Gasteiger partial charge on any atom is -0.486 e. The van der Waals surface area contributed by atoms with Gasteiger partial charge >= 0.3 is 0 Å². The highest BCUT2D eigenvalue weighted by Gasteiger charge is 2.27. The quantitative estimate of drug-likeness (QED) is 0.829. The van der Waals surface area contributed by atoms with Gasteiger partial charge in [-0.2, -0.15) is 0 Å². The average Bonchev–Trinajstić information content (AvgIpc) is 3.12. The Bertz CT molecular complexity index is 995. The highest BCUT2D eigenvalue weighted by molar-refractivity contribution is 6.32. The molecular weight excluding hydrogens is 392 g/mol. The smallest absolute Gasteiger partial charge is 0.254 e. The number of aromatic amines is 1. The summed E-state index contributed by atoms with van der Waals surface area (Å²) in [5.74, 6) is 0.418. The number of amides is 1. The summed E-state index contributed by atoms with van der Waals surface area (Å²) in [6.07, 6.45) is 2.33. The van der Waals surface area contributed by atoms with Gasteiger partial charge in [0.15, 0.2) is 0 Å². The Morgan fingerprint density at radius 2 is 2.10 bits per heavy atom. The van der Waals surface area contributed by atoms with Gasteiger partial charge in [0, 0.05) is 29.8 Å². The zero-order valence-corrected chi connectivity index (χ0v) is 17.5. The van der Waals surface area contributed by atoms with E-state index < -0.39 is 0 Å². The summed E-state index contributed by atoms with van der Waals surface area (Å²) in [6, 6.07) is 5.53. The zero-order valence-electron chi connectivity index (χ0n) is 16.7. The lowest BCUT2D eigenvalue weighted by molar-refractivity contribution is 0.0747. The van der Waals surface area contributed by atoms with Crippen molar-refractivity contribution in [1.29, 1.82) is 0 Å². The zero-order chi connectivity index (χ0) is 20.5. The van der Waals surface area contributed by atoms with Gasteiger partial charge in [0.1, 0.15) is 11.9 Å². The Kier molecular flexibility index (Phi) is 5.65. The van der Waals surface area contributed by atoms with Crippen molar-refractivity contribution in [3.63, 3.8) is 0 Å². The van der Waals surface area contributed by atoms with Crippen molar-refractivity contribution in [2.45, 2.75) is 45.8 Å². The van der Waals surface area contributed by atoms with E-state index in [0.29, 0.717) is 41.7 Å². The molecule has 0 spiro atoms. The largest absolute Gasteiger partial charge is 0.486 e. The molecular formula is C22H25ClN2O4. The summed E-state index contributed by atoms with van der Waals surface area (Å²) in [7, 11) is 0. The number of halogens is 1. The fourth-order valence-electron chi connectivity index (χ4n) is 4.03. The van der Waals surface area contributed by atoms with Gasteiger partial charge in [-0.1, -0.05) is 11.6 Å². The maximum atomic E-state index is 13.3. The van der Waals surface area contributed by atoms with E-state index in [0.717, 1.165) is 36.1 Å². The van der Waals surface area contributed by atoms with Crippen LogP contribution in [0, 0.1) is 13.8 Å². The Morgan fingerprint density at radius 3 is 2.83 bits per heavy atom. The second-order valence-electron chi connectivity index (χ2n) is 7.82. The highest BCUT2D eigenvalue weighted by Crippen LogP contribution is 2.33. The van der Waals surface area contributed by atoms with Crippen molar-refractivity contribution in [3.05, 3.63) is 61.5 Å². The second-order valence-corrected chi connectivity index (χ2v) is 8.22. The molecule has 0 bridgehead atoms. The van der Waals surface area contributed by atoms with E-state index in [9.17, 15) is 9.59 Å². The third-order valence-electron chi connectivity index (χ3n) is 5.57. The first-order valence-corrected chi connectivity index (χ1v) is 10.4. The van der Waals surface area contributed by atoms with Gasteiger partial charge in [-0.15, -0.1) is 0 Å². The fourth-order valence-corrected chi connectivity index (χ4v) is 4.26. The van der Waals surface area contributed by atoms with E-state index in [1.165, 1.54) is 0 Å². The number of carbonyl (C=O) groups excluding carboxylic acids is 1. The van der Waals surface area contributed by atoms with Crippen LogP contribution in [-0.4, -0.2) is 41.7 Å². The first-order valence-electron chi connectivity index (χ1n) is 9.98. The SMILES string of the molecule is Cc1cc(C)c(CN2CCCc3cc(Cl)c(O[C@@H]4CCOC4)cc3C2=O)c(=O)[nH]1. The van der Waals surface area contributed by atoms with Crippen LogP contribution in [0.5, 0.6) is 5.75 Å². The van der Waals surface area contributed by atoms with Crippen molar-refractivity contribution in [1.82, 2.24) is 9.88 Å². The van der Waals surface area contributed by atoms with Crippen LogP contribution in [-0.2, 0) is 17.7 Å². The summed E-state index contributed by atoms with van der Waals surface area (Å²) in [6.45, 7) is 5.84. The predicted molar refractivity (Wildman–Crippen MR) is 111 cm³/mol. The minimum atomic E-state index is -0.138. The number of H-pyrrole nitrogens is 1. The number of pyridine rings is 1. The number of hydrogen-bond acceptors (Lipinski definition) is 4. The molecule has 1 amide bonds. The molecule has 6 nitrogen and oxygen atoms in total. The van der Waals surface area contributed by atoms with Crippen molar-refractivity contribution in [3.8, 4) is 5.75 Å². The van der Waals surface area contributed by atoms with Crippen LogP contribution in [0.25, 0.3) is 0 Å². The number of benzene rings is 1. The standard InChI is InChI=1S/C22H25ClN2O4/c1-13-8-14(2)24-21(26)18(13)11-25-6-3-4-15-9-19(23)20(10-17(15)22(25)27)29-16-5-7-28-12-16/h8-10,16H,3-7,11-12H2,1-2H3,(H,24,26)/t16-/m1/s1. The van der Waals surface area contributed by atoms with E-state index in [-0.39, 0.29) is 24.1 Å². The average molecular weight is 417 g/mol. The molecule has 0 aliphatic carbocycles. The molecule has 2 aliphatic heterocycles. The lowest BCUT2D eigenvalue weighted by atomic mass is 10.0. The van der Waals surface area contributed by atoms with Crippen LogP contribution in [0.1, 0.15) is 45.6 Å². The summed E-state index contributed by atoms with van der Waals surface area (Å²) in [4.78, 5) is 30.3. The molecule has 7 heteroatoms. The number of nitrogens with zero attached hydrogens (tertiary/aromatic N) is 1. The monoisotopic (exact) mass is 416 g/mol. The molecule has 2 aliphatic rings. The molecule has 154 valence electrons. The summed E-state index contributed by atoms with van der Waals surface area (Å²) < 4.78 is 11.3. The molecule has 0 unspecified atom stereocenters. The maximum Gasteiger partial charge on any atom is 0.254 e. The Labute approximate surface area is 174 Å². The fraction of sp³-hybridized carbons (Fsp3) is 0.455. The topological polar surface area (TPSA) is 71.6 Å². The van der Waals surface area contributed by atoms with Crippen LogP contribution in [0.2, 0.25) is 5.02 Å². The van der Waals surface area contributed by atoms with E-state index in [1.54, 1.807) is 11.0 Å². The number of fused-ring (bicyclic) bond motifs is 1. The van der Waals surface area contributed by atoms with Gasteiger partial charge in [0.25, 0.3) is 11.5 Å². The second kappa shape index (κ2) is 8.20. The third-order valence-corrected chi connectivity index (χ3v) is 5.87. The van der Waals surface area contributed by atoms with E-state index in [1.807, 2.05) is 26.0 Å². The van der Waals surface area contributed by atoms with Gasteiger partial charge in [-0.25, -0.2) is 0 Å². The van der Waals surface area contributed by atoms with Crippen molar-refractivity contribution in [2.75, 3.05) is 19.8 Å². The lowest BCUT2D eigenvalue weighted by Crippen LogP contribution is -2.33. The number of carbonyl (C=O) groups is 1. The molecule has 1 atom stereocenters. The molecule has 3 heterocycles. The Balaban J connectivity index is 1.63. The molecule has 1 N–H and O–H groups in total. The predicted octanol–water partition coefficient (Wildman–Crippen LogP) is 3.40. The van der Waals surface area contributed by atoms with Gasteiger partial charge < -0.3 is 19.4 Å². The molecule has 1 aromatic heterocycles. The number of nitrogens with one attached hydrogen (secondary N) is 1. The van der Waals surface area contributed by atoms with Gasteiger partial charge in [-0.3, -0.25) is 9.59 Å². The molecule has 29 heavy (non-hydrogen) atoms. The first-order chi connectivity index (χ1) is 13.9. The summed E-state index contributed by atoms with van der Waals surface area (Å²) in [5.41, 5.74) is 3.72. The number of hydrogen-bond donors (Lipinski definition) is 1. The Hall–Kier alpha value is -2.31. The lowest BCUT2D eigenvalue weighted by Gasteiger charge is -2.22. The van der Waals surface area contributed by atoms with Crippen LogP contribution in [0.15, 0.2) is 23.0 Å². The van der Waals surface area contributed by atoms with Crippen LogP contribution in [0.3, 0.4) is 0 Å². The van der Waals surface area contributed by atoms with E-state index in [4.69, 9.17) is 21.1 Å². The third kappa shape index (κ3) is 4.19. The summed E-state index contributed by atoms with van der Waals surface area (Å²) in [5, 5.41) is 0.516. The molecule has 1 aromatic carbocycles. The van der Waals surface area contributed by atoms with Crippen molar-refractivity contribution in [2.24, 2.45) is 0 Å². The molecule has 0 radical (unpaired) electrons. The number of ether oxygens (including phenoxy) is 2. The van der Waals surface area contributed by atoms with Crippen molar-refractivity contribution >= 4 is 17.5 Å². The van der Waals surface area contributed by atoms with Gasteiger partial charge in [0.05, 0.1) is 24.8 Å². The van der Waals surface area contributed by atoms with Crippen LogP contribution < -0.4 is 10.3 Å². The number of rotatable bonds is 4. The van der Waals surface area contributed by atoms with Crippen LogP contribution >= 0.6 is 11.6 Å². The molecule has 1 saturated heterocycles. The normalized spacial score (nSPS) is 19.2.